The third kappa shape index (κ3) is 2.45. The molecule has 3 nitrogen and oxygen atoms in total. The molecule has 20 heavy (non-hydrogen) atoms. The number of hydrogen-bond acceptors (Lipinski definition) is 1. The molecule has 1 aromatic carbocycles. The first-order chi connectivity index (χ1) is 9.67. The van der Waals surface area contributed by atoms with Gasteiger partial charge in [-0.25, -0.2) is 0 Å². The zero-order valence-electron chi connectivity index (χ0n) is 12.3. The van der Waals surface area contributed by atoms with Gasteiger partial charge >= 0.3 is 0 Å². The number of H-pyrrole nitrogens is 1. The maximum atomic E-state index is 11.8. The van der Waals surface area contributed by atoms with Crippen molar-refractivity contribution in [3.8, 4) is 0 Å². The molecule has 1 amide bonds. The van der Waals surface area contributed by atoms with E-state index < -0.39 is 0 Å². The number of carbonyl (C=O) groups is 1. The Balaban J connectivity index is 1.84. The molecule has 0 bridgehead atoms. The van der Waals surface area contributed by atoms with Crippen LogP contribution in [0.5, 0.6) is 0 Å². The quantitative estimate of drug-likeness (QED) is 0.883. The lowest BCUT2D eigenvalue weighted by atomic mass is 9.91. The van der Waals surface area contributed by atoms with Crippen molar-refractivity contribution in [3.63, 3.8) is 0 Å². The van der Waals surface area contributed by atoms with Gasteiger partial charge in [0.25, 0.3) is 0 Å². The average molecular weight is 270 g/mol. The summed E-state index contributed by atoms with van der Waals surface area (Å²) in [6.45, 7) is 4.17. The predicted octanol–water partition coefficient (Wildman–Crippen LogP) is 3.25. The molecular weight excluding hydrogens is 248 g/mol. The van der Waals surface area contributed by atoms with E-state index in [2.05, 4.69) is 35.4 Å². The van der Waals surface area contributed by atoms with Crippen LogP contribution in [0.1, 0.15) is 43.0 Å². The largest absolute Gasteiger partial charge is 0.358 e. The number of nitrogens with one attached hydrogen (secondary N) is 2. The summed E-state index contributed by atoms with van der Waals surface area (Å²) in [6.07, 6.45) is 4.56. The number of carbonyl (C=O) groups excluding carboxylic acids is 1. The van der Waals surface area contributed by atoms with E-state index in [4.69, 9.17) is 0 Å². The van der Waals surface area contributed by atoms with Crippen LogP contribution in [-0.4, -0.2) is 16.9 Å². The highest BCUT2D eigenvalue weighted by Gasteiger charge is 2.23. The number of rotatable bonds is 3. The first kappa shape index (κ1) is 13.2. The standard InChI is InChI=1S/C17H22N2O/c1-3-4-17(20)18-12-6-8-16-14(10-12)13-9-11(2)5-7-15(13)19-16/h5,7,9,12,19H,3-4,6,8,10H2,1-2H3,(H,18,20). The molecule has 0 saturated heterocycles. The van der Waals surface area contributed by atoms with E-state index in [1.165, 1.54) is 27.7 Å². The summed E-state index contributed by atoms with van der Waals surface area (Å²) in [4.78, 5) is 15.3. The summed E-state index contributed by atoms with van der Waals surface area (Å²) >= 11 is 0. The molecule has 1 atom stereocenters. The van der Waals surface area contributed by atoms with Gasteiger partial charge in [-0.05, 0) is 50.3 Å². The third-order valence-corrected chi connectivity index (χ3v) is 4.19. The summed E-state index contributed by atoms with van der Waals surface area (Å²) in [5.74, 6) is 0.192. The van der Waals surface area contributed by atoms with Gasteiger partial charge in [0.05, 0.1) is 0 Å². The molecule has 0 spiro atoms. The first-order valence-corrected chi connectivity index (χ1v) is 7.57. The van der Waals surface area contributed by atoms with Crippen LogP contribution in [0.2, 0.25) is 0 Å². The van der Waals surface area contributed by atoms with E-state index >= 15 is 0 Å². The second-order valence-corrected chi connectivity index (χ2v) is 5.89. The summed E-state index contributed by atoms with van der Waals surface area (Å²) in [6, 6.07) is 6.85. The molecule has 0 aliphatic heterocycles. The van der Waals surface area contributed by atoms with Crippen LogP contribution in [0.3, 0.4) is 0 Å². The lowest BCUT2D eigenvalue weighted by Crippen LogP contribution is -2.38. The minimum absolute atomic E-state index is 0.192. The van der Waals surface area contributed by atoms with E-state index in [1.807, 2.05) is 6.92 Å². The second-order valence-electron chi connectivity index (χ2n) is 5.89. The third-order valence-electron chi connectivity index (χ3n) is 4.19. The molecule has 3 rings (SSSR count). The van der Waals surface area contributed by atoms with Gasteiger partial charge in [0.1, 0.15) is 0 Å². The van der Waals surface area contributed by atoms with Gasteiger partial charge in [-0.2, -0.15) is 0 Å². The Labute approximate surface area is 119 Å². The number of aryl methyl sites for hydroxylation is 2. The highest BCUT2D eigenvalue weighted by atomic mass is 16.1. The van der Waals surface area contributed by atoms with Crippen molar-refractivity contribution in [2.24, 2.45) is 0 Å². The van der Waals surface area contributed by atoms with Gasteiger partial charge in [0.2, 0.25) is 5.91 Å². The Bertz CT molecular complexity index is 642. The van der Waals surface area contributed by atoms with Crippen LogP contribution in [0.25, 0.3) is 10.9 Å². The molecule has 1 aliphatic rings. The fraction of sp³-hybridized carbons (Fsp3) is 0.471. The SMILES string of the molecule is CCCC(=O)NC1CCc2[nH]c3ccc(C)cc3c2C1. The summed E-state index contributed by atoms with van der Waals surface area (Å²) in [5, 5.41) is 4.51. The number of amides is 1. The number of fused-ring (bicyclic) bond motifs is 3. The normalized spacial score (nSPS) is 18.0. The summed E-state index contributed by atoms with van der Waals surface area (Å²) in [7, 11) is 0. The summed E-state index contributed by atoms with van der Waals surface area (Å²) < 4.78 is 0. The number of aromatic nitrogens is 1. The van der Waals surface area contributed by atoms with Gasteiger partial charge in [-0.3, -0.25) is 4.79 Å². The predicted molar refractivity (Wildman–Crippen MR) is 81.9 cm³/mol. The van der Waals surface area contributed by atoms with Gasteiger partial charge in [-0.1, -0.05) is 18.6 Å². The lowest BCUT2D eigenvalue weighted by molar-refractivity contribution is -0.121. The molecule has 1 heterocycles. The zero-order valence-corrected chi connectivity index (χ0v) is 12.3. The van der Waals surface area contributed by atoms with Crippen molar-refractivity contribution in [2.45, 2.75) is 52.0 Å². The Morgan fingerprint density at radius 2 is 2.30 bits per heavy atom. The highest BCUT2D eigenvalue weighted by molar-refractivity contribution is 5.86. The van der Waals surface area contributed by atoms with Crippen molar-refractivity contribution >= 4 is 16.8 Å². The van der Waals surface area contributed by atoms with Crippen molar-refractivity contribution < 1.29 is 4.79 Å². The van der Waals surface area contributed by atoms with Gasteiger partial charge in [-0.15, -0.1) is 0 Å². The Morgan fingerprint density at radius 1 is 1.45 bits per heavy atom. The van der Waals surface area contributed by atoms with E-state index in [0.29, 0.717) is 12.5 Å². The molecule has 1 unspecified atom stereocenters. The monoisotopic (exact) mass is 270 g/mol. The van der Waals surface area contributed by atoms with Crippen LogP contribution in [0, 0.1) is 6.92 Å². The molecule has 0 radical (unpaired) electrons. The molecule has 0 fully saturated rings. The van der Waals surface area contributed by atoms with Crippen molar-refractivity contribution in [2.75, 3.05) is 0 Å². The van der Waals surface area contributed by atoms with Crippen LogP contribution >= 0.6 is 0 Å². The first-order valence-electron chi connectivity index (χ1n) is 7.57. The fourth-order valence-electron chi connectivity index (χ4n) is 3.18. The molecule has 0 saturated carbocycles. The average Bonchev–Trinajstić information content (AvgIpc) is 2.76. The molecule has 3 heteroatoms. The zero-order chi connectivity index (χ0) is 14.1. The Morgan fingerprint density at radius 3 is 3.10 bits per heavy atom. The molecular formula is C17H22N2O. The smallest absolute Gasteiger partial charge is 0.220 e. The Kier molecular flexibility index (Phi) is 3.51. The topological polar surface area (TPSA) is 44.9 Å². The number of benzene rings is 1. The maximum Gasteiger partial charge on any atom is 0.220 e. The molecule has 2 N–H and O–H groups in total. The maximum absolute atomic E-state index is 11.8. The minimum atomic E-state index is 0.192. The van der Waals surface area contributed by atoms with Gasteiger partial charge in [0, 0.05) is 29.1 Å². The van der Waals surface area contributed by atoms with E-state index in [1.54, 1.807) is 0 Å². The Hall–Kier alpha value is -1.77. The van der Waals surface area contributed by atoms with Crippen LogP contribution in [0.15, 0.2) is 18.2 Å². The van der Waals surface area contributed by atoms with E-state index in [9.17, 15) is 4.79 Å². The van der Waals surface area contributed by atoms with Crippen LogP contribution < -0.4 is 5.32 Å². The van der Waals surface area contributed by atoms with E-state index in [0.717, 1.165) is 25.7 Å². The van der Waals surface area contributed by atoms with Crippen molar-refractivity contribution in [3.05, 3.63) is 35.0 Å². The van der Waals surface area contributed by atoms with Gasteiger partial charge in [0.15, 0.2) is 0 Å². The molecule has 1 aromatic heterocycles. The summed E-state index contributed by atoms with van der Waals surface area (Å²) in [5.41, 5.74) is 5.26. The van der Waals surface area contributed by atoms with Crippen LogP contribution in [-0.2, 0) is 17.6 Å². The number of aromatic amines is 1. The lowest BCUT2D eigenvalue weighted by Gasteiger charge is -2.23. The van der Waals surface area contributed by atoms with Crippen molar-refractivity contribution in [1.29, 1.82) is 0 Å². The molecule has 2 aromatic rings. The second kappa shape index (κ2) is 5.31. The molecule has 106 valence electrons. The fourth-order valence-corrected chi connectivity index (χ4v) is 3.18. The molecule has 1 aliphatic carbocycles. The van der Waals surface area contributed by atoms with Crippen molar-refractivity contribution in [1.82, 2.24) is 10.3 Å². The van der Waals surface area contributed by atoms with E-state index in [-0.39, 0.29) is 5.91 Å². The minimum Gasteiger partial charge on any atom is -0.358 e. The number of hydrogen-bond donors (Lipinski definition) is 2. The highest BCUT2D eigenvalue weighted by Crippen LogP contribution is 2.29. The van der Waals surface area contributed by atoms with Crippen LogP contribution in [0.4, 0.5) is 0 Å². The van der Waals surface area contributed by atoms with Gasteiger partial charge < -0.3 is 10.3 Å².